The molecule has 1 aliphatic rings. The van der Waals surface area contributed by atoms with E-state index in [1.807, 2.05) is 0 Å². The van der Waals surface area contributed by atoms with Gasteiger partial charge in [-0.15, -0.1) is 0 Å². The Morgan fingerprint density at radius 1 is 1.53 bits per heavy atom. The van der Waals surface area contributed by atoms with Crippen LogP contribution in [0.25, 0.3) is 0 Å². The number of anilines is 1. The third-order valence-corrected chi connectivity index (χ3v) is 3.57. The largest absolute Gasteiger partial charge is 0.478 e. The van der Waals surface area contributed by atoms with Gasteiger partial charge in [-0.2, -0.15) is 13.1 Å². The first-order chi connectivity index (χ1) is 7.89. The number of rotatable bonds is 5. The van der Waals surface area contributed by atoms with Gasteiger partial charge in [0, 0.05) is 17.9 Å². The lowest BCUT2D eigenvalue weighted by Gasteiger charge is -2.07. The summed E-state index contributed by atoms with van der Waals surface area (Å²) in [6.45, 7) is 1.57. The lowest BCUT2D eigenvalue weighted by Crippen LogP contribution is -2.32. The van der Waals surface area contributed by atoms with E-state index < -0.39 is 16.2 Å². The van der Waals surface area contributed by atoms with Gasteiger partial charge in [-0.25, -0.2) is 4.79 Å². The second-order valence-corrected chi connectivity index (χ2v) is 5.45. The monoisotopic (exact) mass is 259 g/mol. The first-order valence-corrected chi connectivity index (χ1v) is 6.58. The van der Waals surface area contributed by atoms with E-state index in [-0.39, 0.29) is 17.3 Å². The fraction of sp³-hybridized carbons (Fsp3) is 0.444. The number of carbonyl (C=O) groups is 1. The summed E-state index contributed by atoms with van der Waals surface area (Å²) >= 11 is 0. The maximum absolute atomic E-state index is 11.6. The predicted octanol–water partition coefficient (Wildman–Crippen LogP) is 0.430. The van der Waals surface area contributed by atoms with E-state index >= 15 is 0 Å². The zero-order valence-electron chi connectivity index (χ0n) is 9.15. The van der Waals surface area contributed by atoms with E-state index in [1.54, 1.807) is 6.92 Å². The molecular formula is C9H13N3O4S. The molecule has 0 saturated heterocycles. The van der Waals surface area contributed by atoms with Crippen LogP contribution >= 0.6 is 0 Å². The van der Waals surface area contributed by atoms with Gasteiger partial charge in [0.25, 0.3) is 10.2 Å². The minimum atomic E-state index is -3.70. The molecule has 7 nitrogen and oxygen atoms in total. The molecule has 4 N–H and O–H groups in total. The van der Waals surface area contributed by atoms with Gasteiger partial charge in [-0.1, -0.05) is 0 Å². The summed E-state index contributed by atoms with van der Waals surface area (Å²) < 4.78 is 27.8. The van der Waals surface area contributed by atoms with Crippen LogP contribution in [0.5, 0.6) is 0 Å². The minimum Gasteiger partial charge on any atom is -0.478 e. The maximum atomic E-state index is 11.6. The molecule has 0 atom stereocenters. The molecule has 0 aliphatic heterocycles. The molecule has 2 rings (SSSR count). The van der Waals surface area contributed by atoms with Crippen molar-refractivity contribution in [3.05, 3.63) is 17.5 Å². The van der Waals surface area contributed by atoms with Crippen molar-refractivity contribution in [2.45, 2.75) is 25.8 Å². The Balaban J connectivity index is 2.20. The summed E-state index contributed by atoms with van der Waals surface area (Å²) in [6, 6.07) is -0.0270. The molecule has 1 aromatic rings. The Hall–Kier alpha value is -1.54. The molecule has 0 spiro atoms. The second kappa shape index (κ2) is 4.04. The quantitative estimate of drug-likeness (QED) is 0.614. The van der Waals surface area contributed by atoms with Gasteiger partial charge >= 0.3 is 5.97 Å². The molecular weight excluding hydrogens is 246 g/mol. The zero-order valence-corrected chi connectivity index (χ0v) is 9.97. The summed E-state index contributed by atoms with van der Waals surface area (Å²) in [7, 11) is -3.70. The Bertz CT molecular complexity index is 545. The lowest BCUT2D eigenvalue weighted by molar-refractivity contribution is 0.0697. The van der Waals surface area contributed by atoms with Crippen molar-refractivity contribution >= 4 is 21.9 Å². The number of H-pyrrole nitrogens is 1. The van der Waals surface area contributed by atoms with Crippen molar-refractivity contribution in [3.63, 3.8) is 0 Å². The van der Waals surface area contributed by atoms with Crippen molar-refractivity contribution in [2.24, 2.45) is 0 Å². The molecule has 1 saturated carbocycles. The number of hydrogen-bond acceptors (Lipinski definition) is 3. The molecule has 0 aromatic carbocycles. The highest BCUT2D eigenvalue weighted by atomic mass is 32.2. The Morgan fingerprint density at radius 3 is 2.71 bits per heavy atom. The summed E-state index contributed by atoms with van der Waals surface area (Å²) in [5, 5.41) is 8.95. The van der Waals surface area contributed by atoms with Crippen LogP contribution in [0.4, 0.5) is 5.69 Å². The molecule has 0 bridgehead atoms. The number of hydrogen-bond donors (Lipinski definition) is 4. The third-order valence-electron chi connectivity index (χ3n) is 2.43. The van der Waals surface area contributed by atoms with Crippen LogP contribution in [0.15, 0.2) is 6.20 Å². The van der Waals surface area contributed by atoms with Crippen LogP contribution < -0.4 is 9.44 Å². The second-order valence-electron chi connectivity index (χ2n) is 4.01. The van der Waals surface area contributed by atoms with E-state index in [4.69, 9.17) is 5.11 Å². The molecule has 0 amide bonds. The molecule has 1 fully saturated rings. The first kappa shape index (κ1) is 11.9. The average molecular weight is 259 g/mol. The topological polar surface area (TPSA) is 111 Å². The van der Waals surface area contributed by atoms with E-state index in [9.17, 15) is 13.2 Å². The molecule has 0 radical (unpaired) electrons. The van der Waals surface area contributed by atoms with Crippen molar-refractivity contribution < 1.29 is 18.3 Å². The van der Waals surface area contributed by atoms with Gasteiger partial charge in [-0.05, 0) is 19.8 Å². The molecule has 94 valence electrons. The third kappa shape index (κ3) is 2.77. The van der Waals surface area contributed by atoms with E-state index in [0.717, 1.165) is 12.8 Å². The zero-order chi connectivity index (χ0) is 12.6. The predicted molar refractivity (Wildman–Crippen MR) is 61.2 cm³/mol. The number of aromatic amines is 1. The number of aromatic carboxylic acids is 1. The summed E-state index contributed by atoms with van der Waals surface area (Å²) in [5.41, 5.74) is 0.385. The maximum Gasteiger partial charge on any atom is 0.339 e. The highest BCUT2D eigenvalue weighted by Crippen LogP contribution is 2.23. The van der Waals surface area contributed by atoms with Crippen LogP contribution in [-0.4, -0.2) is 30.5 Å². The van der Waals surface area contributed by atoms with Crippen LogP contribution in [-0.2, 0) is 10.2 Å². The molecule has 17 heavy (non-hydrogen) atoms. The fourth-order valence-corrected chi connectivity index (χ4v) is 2.66. The summed E-state index contributed by atoms with van der Waals surface area (Å²) in [4.78, 5) is 13.6. The van der Waals surface area contributed by atoms with Gasteiger partial charge in [-0.3, -0.25) is 4.72 Å². The lowest BCUT2D eigenvalue weighted by atomic mass is 10.2. The van der Waals surface area contributed by atoms with Gasteiger partial charge in [0.1, 0.15) is 5.56 Å². The van der Waals surface area contributed by atoms with Gasteiger partial charge in [0.2, 0.25) is 0 Å². The smallest absolute Gasteiger partial charge is 0.339 e. The van der Waals surface area contributed by atoms with Crippen LogP contribution in [0.2, 0.25) is 0 Å². The highest BCUT2D eigenvalue weighted by molar-refractivity contribution is 7.90. The standard InChI is InChI=1S/C9H13N3O4S/c1-5-8(9(13)14)7(4-10-5)12-17(15,16)11-6-2-3-6/h4,6,10-12H,2-3H2,1H3,(H,13,14). The fourth-order valence-electron chi connectivity index (χ4n) is 1.48. The molecule has 1 aliphatic carbocycles. The molecule has 8 heteroatoms. The number of aromatic nitrogens is 1. The summed E-state index contributed by atoms with van der Waals surface area (Å²) in [6.07, 6.45) is 2.96. The van der Waals surface area contributed by atoms with Gasteiger partial charge < -0.3 is 10.1 Å². The first-order valence-electron chi connectivity index (χ1n) is 5.10. The van der Waals surface area contributed by atoms with Gasteiger partial charge in [0.05, 0.1) is 5.69 Å². The molecule has 1 aromatic heterocycles. The number of aryl methyl sites for hydroxylation is 1. The van der Waals surface area contributed by atoms with Crippen LogP contribution in [0.3, 0.4) is 0 Å². The Morgan fingerprint density at radius 2 is 2.18 bits per heavy atom. The minimum absolute atomic E-state index is 0.0270. The van der Waals surface area contributed by atoms with Crippen molar-refractivity contribution in [2.75, 3.05) is 4.72 Å². The number of carboxylic acid groups (broad SMARTS) is 1. The molecule has 1 heterocycles. The van der Waals surface area contributed by atoms with E-state index in [2.05, 4.69) is 14.4 Å². The SMILES string of the molecule is Cc1[nH]cc(NS(=O)(=O)NC2CC2)c1C(=O)O. The van der Waals surface area contributed by atoms with Gasteiger partial charge in [0.15, 0.2) is 0 Å². The van der Waals surface area contributed by atoms with Crippen LogP contribution in [0.1, 0.15) is 28.9 Å². The number of nitrogens with one attached hydrogen (secondary N) is 3. The normalized spacial score (nSPS) is 15.8. The number of carboxylic acids is 1. The summed E-state index contributed by atoms with van der Waals surface area (Å²) in [5.74, 6) is -1.17. The Labute approximate surface area is 98.4 Å². The Kier molecular flexibility index (Phi) is 2.84. The van der Waals surface area contributed by atoms with Crippen molar-refractivity contribution in [1.82, 2.24) is 9.71 Å². The highest BCUT2D eigenvalue weighted by Gasteiger charge is 2.28. The van der Waals surface area contributed by atoms with E-state index in [0.29, 0.717) is 5.69 Å². The van der Waals surface area contributed by atoms with Crippen molar-refractivity contribution in [1.29, 1.82) is 0 Å². The van der Waals surface area contributed by atoms with Crippen LogP contribution in [0, 0.1) is 6.92 Å². The van der Waals surface area contributed by atoms with E-state index in [1.165, 1.54) is 6.20 Å². The average Bonchev–Trinajstić information content (AvgIpc) is 2.89. The molecule has 0 unspecified atom stereocenters. The van der Waals surface area contributed by atoms with Crippen molar-refractivity contribution in [3.8, 4) is 0 Å².